The first-order valence-corrected chi connectivity index (χ1v) is 11.7. The number of hydrogen-bond donors (Lipinski definition) is 1. The lowest BCUT2D eigenvalue weighted by atomic mass is 10.1. The smallest absolute Gasteiger partial charge is 0.263 e. The number of nitrogens with zero attached hydrogens (tertiary/aromatic N) is 4. The fraction of sp³-hybridized carbons (Fsp3) is 0.148. The number of carbonyl (C=O) groups excluding carboxylic acids is 1. The van der Waals surface area contributed by atoms with E-state index >= 15 is 0 Å². The van der Waals surface area contributed by atoms with Gasteiger partial charge >= 0.3 is 0 Å². The molecule has 0 saturated carbocycles. The van der Waals surface area contributed by atoms with Crippen LogP contribution in [-0.4, -0.2) is 25.6 Å². The summed E-state index contributed by atoms with van der Waals surface area (Å²) >= 11 is 6.20. The zero-order valence-corrected chi connectivity index (χ0v) is 20.4. The second kappa shape index (κ2) is 9.75. The van der Waals surface area contributed by atoms with Crippen molar-refractivity contribution >= 4 is 28.5 Å². The van der Waals surface area contributed by atoms with Crippen LogP contribution in [-0.2, 0) is 17.9 Å². The lowest BCUT2D eigenvalue weighted by Crippen LogP contribution is -2.28. The van der Waals surface area contributed by atoms with Gasteiger partial charge in [0.15, 0.2) is 0 Å². The van der Waals surface area contributed by atoms with Crippen LogP contribution in [0.3, 0.4) is 0 Å². The summed E-state index contributed by atoms with van der Waals surface area (Å²) in [5.74, 6) is 0.179. The van der Waals surface area contributed by atoms with Crippen LogP contribution in [0.5, 0.6) is 0 Å². The summed E-state index contributed by atoms with van der Waals surface area (Å²) in [7, 11) is 0. The maximum atomic E-state index is 13.3. The lowest BCUT2D eigenvalue weighted by molar-refractivity contribution is -0.121. The summed E-state index contributed by atoms with van der Waals surface area (Å²) in [6, 6.07) is 18.4. The molecule has 36 heavy (non-hydrogen) atoms. The second-order valence-electron chi connectivity index (χ2n) is 8.48. The number of rotatable bonds is 6. The van der Waals surface area contributed by atoms with Crippen LogP contribution in [0.4, 0.5) is 0 Å². The Morgan fingerprint density at radius 2 is 1.81 bits per heavy atom. The van der Waals surface area contributed by atoms with Crippen molar-refractivity contribution in [3.05, 3.63) is 98.9 Å². The third-order valence-electron chi connectivity index (χ3n) is 5.77. The molecule has 0 atom stereocenters. The minimum atomic E-state index is -0.302. The molecule has 1 N–H and O–H groups in total. The van der Waals surface area contributed by atoms with Crippen LogP contribution in [0.15, 0.2) is 76.2 Å². The number of fused-ring (bicyclic) bond motifs is 1. The van der Waals surface area contributed by atoms with E-state index in [9.17, 15) is 9.59 Å². The van der Waals surface area contributed by atoms with E-state index in [2.05, 4.69) is 20.4 Å². The first kappa shape index (κ1) is 23.4. The van der Waals surface area contributed by atoms with Gasteiger partial charge in [0.2, 0.25) is 17.2 Å². The average molecular weight is 500 g/mol. The number of hydrogen-bond acceptors (Lipinski definition) is 6. The Balaban J connectivity index is 1.49. The summed E-state index contributed by atoms with van der Waals surface area (Å²) in [6.07, 6.45) is 1.54. The van der Waals surface area contributed by atoms with Crippen LogP contribution in [0.1, 0.15) is 16.8 Å². The summed E-state index contributed by atoms with van der Waals surface area (Å²) in [4.78, 5) is 35.1. The number of aromatic nitrogens is 4. The molecule has 9 heteroatoms. The van der Waals surface area contributed by atoms with E-state index in [1.165, 1.54) is 0 Å². The molecule has 0 aliphatic rings. The topological polar surface area (TPSA) is 103 Å². The van der Waals surface area contributed by atoms with Crippen LogP contribution in [0.25, 0.3) is 33.9 Å². The lowest BCUT2D eigenvalue weighted by Gasteiger charge is -2.13. The van der Waals surface area contributed by atoms with Crippen LogP contribution in [0.2, 0.25) is 5.02 Å². The number of benzene rings is 2. The number of aryl methyl sites for hydroxylation is 2. The van der Waals surface area contributed by atoms with Crippen molar-refractivity contribution in [1.82, 2.24) is 25.0 Å². The highest BCUT2D eigenvalue weighted by atomic mass is 35.5. The Labute approximate surface area is 211 Å². The molecule has 5 aromatic rings. The van der Waals surface area contributed by atoms with E-state index in [4.69, 9.17) is 16.1 Å². The van der Waals surface area contributed by atoms with Crippen molar-refractivity contribution in [3.63, 3.8) is 0 Å². The number of amides is 1. The zero-order valence-electron chi connectivity index (χ0n) is 19.7. The fourth-order valence-corrected chi connectivity index (χ4v) is 4.03. The molecule has 2 aromatic carbocycles. The maximum absolute atomic E-state index is 13.3. The average Bonchev–Trinajstić information content (AvgIpc) is 3.35. The van der Waals surface area contributed by atoms with Gasteiger partial charge in [0.05, 0.1) is 5.39 Å². The van der Waals surface area contributed by atoms with Crippen LogP contribution < -0.4 is 10.7 Å². The van der Waals surface area contributed by atoms with Crippen molar-refractivity contribution in [2.45, 2.75) is 26.9 Å². The van der Waals surface area contributed by atoms with Crippen molar-refractivity contribution in [2.75, 3.05) is 0 Å². The molecule has 8 nitrogen and oxygen atoms in total. The van der Waals surface area contributed by atoms with E-state index < -0.39 is 0 Å². The first-order valence-electron chi connectivity index (χ1n) is 11.3. The van der Waals surface area contributed by atoms with Crippen LogP contribution >= 0.6 is 11.6 Å². The van der Waals surface area contributed by atoms with Crippen molar-refractivity contribution < 1.29 is 9.32 Å². The van der Waals surface area contributed by atoms with Gasteiger partial charge in [-0.05, 0) is 37.6 Å². The summed E-state index contributed by atoms with van der Waals surface area (Å²) in [6.45, 7) is 4.03. The predicted molar refractivity (Wildman–Crippen MR) is 138 cm³/mol. The van der Waals surface area contributed by atoms with Gasteiger partial charge in [0.1, 0.15) is 17.8 Å². The summed E-state index contributed by atoms with van der Waals surface area (Å²) < 4.78 is 7.08. The number of halogens is 1. The molecule has 180 valence electrons. The minimum Gasteiger partial charge on any atom is -0.350 e. The standard InChI is InChI=1S/C27H22ClN5O3/c1-16-7-10-18(11-8-16)25-31-27(36-32-25)21-14-33(26-20(24(21)35)12-9-17(2)30-26)15-23(34)29-13-19-5-3-4-6-22(19)28/h3-12,14H,13,15H2,1-2H3,(H,29,34). The van der Waals surface area contributed by atoms with Gasteiger partial charge in [0.25, 0.3) is 5.89 Å². The van der Waals surface area contributed by atoms with Gasteiger partial charge in [-0.3, -0.25) is 9.59 Å². The molecule has 0 aliphatic heterocycles. The molecular formula is C27H22ClN5O3. The Kier molecular flexibility index (Phi) is 6.35. The van der Waals surface area contributed by atoms with Gasteiger partial charge in [-0.2, -0.15) is 4.98 Å². The number of nitrogens with one attached hydrogen (secondary N) is 1. The molecule has 0 saturated heterocycles. The third-order valence-corrected chi connectivity index (χ3v) is 6.14. The molecule has 0 unspecified atom stereocenters. The van der Waals surface area contributed by atoms with E-state index in [1.54, 1.807) is 29.0 Å². The highest BCUT2D eigenvalue weighted by Gasteiger charge is 2.19. The number of pyridine rings is 2. The molecule has 1 amide bonds. The largest absolute Gasteiger partial charge is 0.350 e. The maximum Gasteiger partial charge on any atom is 0.263 e. The third kappa shape index (κ3) is 4.76. The zero-order chi connectivity index (χ0) is 25.2. The van der Waals surface area contributed by atoms with E-state index in [-0.39, 0.29) is 35.9 Å². The molecular weight excluding hydrogens is 478 g/mol. The highest BCUT2D eigenvalue weighted by Crippen LogP contribution is 2.23. The SMILES string of the molecule is Cc1ccc(-c2noc(-c3cn(CC(=O)NCc4ccccc4Cl)c4nc(C)ccc4c3=O)n2)cc1. The van der Waals surface area contributed by atoms with Crippen molar-refractivity contribution in [3.8, 4) is 22.8 Å². The van der Waals surface area contributed by atoms with Gasteiger partial charge in [0, 0.05) is 29.0 Å². The molecule has 3 heterocycles. The summed E-state index contributed by atoms with van der Waals surface area (Å²) in [5.41, 5.74) is 3.70. The predicted octanol–water partition coefficient (Wildman–Crippen LogP) is 4.70. The molecule has 0 fully saturated rings. The van der Waals surface area contributed by atoms with E-state index in [0.29, 0.717) is 21.9 Å². The highest BCUT2D eigenvalue weighted by molar-refractivity contribution is 6.31. The second-order valence-corrected chi connectivity index (χ2v) is 8.89. The Morgan fingerprint density at radius 1 is 1.03 bits per heavy atom. The Hall–Kier alpha value is -4.30. The Morgan fingerprint density at radius 3 is 2.58 bits per heavy atom. The normalized spacial score (nSPS) is 11.1. The van der Waals surface area contributed by atoms with E-state index in [0.717, 1.165) is 22.4 Å². The minimum absolute atomic E-state index is 0.0658. The number of carbonyl (C=O) groups is 1. The molecule has 3 aromatic heterocycles. The summed E-state index contributed by atoms with van der Waals surface area (Å²) in [5, 5.41) is 7.85. The molecule has 0 radical (unpaired) electrons. The quantitative estimate of drug-likeness (QED) is 0.363. The van der Waals surface area contributed by atoms with Gasteiger partial charge < -0.3 is 14.4 Å². The monoisotopic (exact) mass is 499 g/mol. The van der Waals surface area contributed by atoms with Crippen molar-refractivity contribution in [1.29, 1.82) is 0 Å². The van der Waals surface area contributed by atoms with Gasteiger partial charge in [-0.1, -0.05) is 64.8 Å². The van der Waals surface area contributed by atoms with Gasteiger partial charge in [-0.15, -0.1) is 0 Å². The van der Waals surface area contributed by atoms with Crippen LogP contribution in [0, 0.1) is 13.8 Å². The molecule has 0 aliphatic carbocycles. The fourth-order valence-electron chi connectivity index (χ4n) is 3.83. The first-order chi connectivity index (χ1) is 17.4. The van der Waals surface area contributed by atoms with Crippen molar-refractivity contribution in [2.24, 2.45) is 0 Å². The van der Waals surface area contributed by atoms with Gasteiger partial charge in [-0.25, -0.2) is 4.98 Å². The Bertz CT molecular complexity index is 1640. The molecule has 0 bridgehead atoms. The molecule has 5 rings (SSSR count). The van der Waals surface area contributed by atoms with E-state index in [1.807, 2.05) is 56.3 Å². The molecule has 0 spiro atoms.